The minimum absolute atomic E-state index is 0.608. The van der Waals surface area contributed by atoms with Crippen molar-refractivity contribution in [3.05, 3.63) is 289 Å². The van der Waals surface area contributed by atoms with Gasteiger partial charge in [-0.15, -0.1) is 0 Å². The number of benzene rings is 16. The van der Waals surface area contributed by atoms with Crippen molar-refractivity contribution in [1.82, 2.24) is 0 Å². The van der Waals surface area contributed by atoms with Crippen LogP contribution in [-0.4, -0.2) is 25.1 Å². The van der Waals surface area contributed by atoms with E-state index in [9.17, 15) is 19.2 Å². The summed E-state index contributed by atoms with van der Waals surface area (Å²) in [5.41, 5.74) is 47.0. The zero-order valence-electron chi connectivity index (χ0n) is 49.7. The number of nitrogen functional groups attached to an aromatic ring is 4. The molecule has 0 amide bonds. The summed E-state index contributed by atoms with van der Waals surface area (Å²) >= 11 is 0. The van der Waals surface area contributed by atoms with Crippen molar-refractivity contribution in [1.29, 1.82) is 0 Å². The largest absolute Gasteiger partial charge is 0.399 e. The maximum absolute atomic E-state index is 11.5. The Kier molecular flexibility index (Phi) is 13.9. The Morgan fingerprint density at radius 2 is 0.304 bits per heavy atom. The quantitative estimate of drug-likeness (QED) is 0.0532. The second-order valence-electron chi connectivity index (χ2n) is 23.5. The second-order valence-corrected chi connectivity index (χ2v) is 23.5. The standard InChI is InChI=1S/C44H26O4.C40H30N4/c45-23-27-1-9-31(10-2-27)39-21-40(32-11-3-28(24-46)4-12-32)36-19-20-38-42(34-15-7-30(26-48)8-16-34)22-41(33-13-5-29(25-47)6-14-33)37-18-17-35(39)43(36)44(37)38;41-27-9-1-23(2-10-27)35-21-36(24-3-11-28(42)12-4-24)32-19-20-34-38(26-7-15-30(44)16-8-26)22-37(25-5-13-29(43)14-6-25)33-18-17-31(35)39(32)40(33)34/h1-26H;1-22H,41-44H2. The molecular weight excluding hydrogens is 1130 g/mol. The highest BCUT2D eigenvalue weighted by atomic mass is 16.1. The number of carbonyl (C=O) groups is 4. The van der Waals surface area contributed by atoms with Crippen molar-refractivity contribution in [2.75, 3.05) is 22.9 Å². The van der Waals surface area contributed by atoms with Gasteiger partial charge in [0.2, 0.25) is 0 Å². The minimum Gasteiger partial charge on any atom is -0.399 e. The van der Waals surface area contributed by atoms with E-state index in [1.54, 1.807) is 0 Å². The van der Waals surface area contributed by atoms with E-state index in [4.69, 9.17) is 22.9 Å². The lowest BCUT2D eigenvalue weighted by Crippen LogP contribution is -1.95. The summed E-state index contributed by atoms with van der Waals surface area (Å²) in [6.45, 7) is 0. The molecule has 16 rings (SSSR count). The van der Waals surface area contributed by atoms with Crippen LogP contribution in [0.4, 0.5) is 22.7 Å². The highest BCUT2D eigenvalue weighted by Gasteiger charge is 2.24. The number of aldehydes is 4. The molecule has 8 nitrogen and oxygen atoms in total. The number of anilines is 4. The van der Waals surface area contributed by atoms with Gasteiger partial charge in [-0.3, -0.25) is 19.2 Å². The molecule has 8 N–H and O–H groups in total. The third kappa shape index (κ3) is 9.76. The SMILES string of the molecule is Nc1ccc(-c2cc(-c3ccc(N)cc3)c3ccc4c(-c5ccc(N)cc5)cc(-c5ccc(N)cc5)c5ccc2c3c54)cc1.O=Cc1ccc(-c2cc(-c3ccc(C=O)cc3)c3ccc4c(-c5ccc(C=O)cc5)cc(-c5ccc(C=O)cc5)c5ccc2c3c54)cc1. The van der Waals surface area contributed by atoms with E-state index in [2.05, 4.69) is 121 Å². The van der Waals surface area contributed by atoms with E-state index in [0.717, 1.165) is 169 Å². The van der Waals surface area contributed by atoms with Crippen molar-refractivity contribution < 1.29 is 19.2 Å². The van der Waals surface area contributed by atoms with E-state index < -0.39 is 0 Å². The van der Waals surface area contributed by atoms with E-state index in [1.807, 2.05) is 146 Å². The zero-order valence-corrected chi connectivity index (χ0v) is 49.7. The lowest BCUT2D eigenvalue weighted by atomic mass is 9.82. The van der Waals surface area contributed by atoms with Crippen molar-refractivity contribution in [3.8, 4) is 89.0 Å². The molecule has 16 aromatic carbocycles. The van der Waals surface area contributed by atoms with Gasteiger partial charge in [0, 0.05) is 45.0 Å². The van der Waals surface area contributed by atoms with E-state index in [1.165, 1.54) is 32.3 Å². The molecule has 0 aromatic heterocycles. The Labute approximate surface area is 529 Å². The molecule has 0 spiro atoms. The molecule has 0 radical (unpaired) electrons. The number of carbonyl (C=O) groups excluding carboxylic acids is 4. The van der Waals surface area contributed by atoms with Gasteiger partial charge in [-0.05, 0) is 226 Å². The topological polar surface area (TPSA) is 172 Å². The maximum Gasteiger partial charge on any atom is 0.150 e. The Hall–Kier alpha value is -12.5. The first-order valence-corrected chi connectivity index (χ1v) is 30.3. The molecule has 0 fully saturated rings. The monoisotopic (exact) mass is 1180 g/mol. The Balaban J connectivity index is 0.000000153. The first-order chi connectivity index (χ1) is 45.0. The van der Waals surface area contributed by atoms with E-state index >= 15 is 0 Å². The summed E-state index contributed by atoms with van der Waals surface area (Å²) in [5, 5.41) is 13.8. The van der Waals surface area contributed by atoms with Crippen LogP contribution in [0.3, 0.4) is 0 Å². The number of hydrogen-bond acceptors (Lipinski definition) is 8. The van der Waals surface area contributed by atoms with Crippen molar-refractivity contribution in [3.63, 3.8) is 0 Å². The third-order valence-electron chi connectivity index (χ3n) is 18.1. The van der Waals surface area contributed by atoms with Crippen LogP contribution in [0.15, 0.2) is 267 Å². The Morgan fingerprint density at radius 3 is 0.435 bits per heavy atom. The van der Waals surface area contributed by atoms with Crippen LogP contribution in [0, 0.1) is 0 Å². The summed E-state index contributed by atoms with van der Waals surface area (Å²) in [4.78, 5) is 46.0. The molecule has 436 valence electrons. The summed E-state index contributed by atoms with van der Waals surface area (Å²) in [6.07, 6.45) is 3.39. The molecule has 0 bridgehead atoms. The number of nitrogens with two attached hydrogens (primary N) is 4. The van der Waals surface area contributed by atoms with Gasteiger partial charge < -0.3 is 22.9 Å². The van der Waals surface area contributed by atoms with Crippen LogP contribution < -0.4 is 22.9 Å². The first-order valence-electron chi connectivity index (χ1n) is 30.3. The molecule has 0 aliphatic carbocycles. The number of rotatable bonds is 12. The van der Waals surface area contributed by atoms with Crippen molar-refractivity contribution >= 4 is 113 Å². The van der Waals surface area contributed by atoms with E-state index in [0.29, 0.717) is 22.3 Å². The van der Waals surface area contributed by atoms with Crippen LogP contribution in [-0.2, 0) is 0 Å². The maximum atomic E-state index is 11.5. The predicted octanol–water partition coefficient (Wildman–Crippen LogP) is 20.1. The van der Waals surface area contributed by atoms with Gasteiger partial charge in [0.15, 0.2) is 0 Å². The van der Waals surface area contributed by atoms with Gasteiger partial charge >= 0.3 is 0 Å². The fraction of sp³-hybridized carbons (Fsp3) is 0. The summed E-state index contributed by atoms with van der Waals surface area (Å²) in [5.74, 6) is 0. The molecule has 0 aliphatic heterocycles. The summed E-state index contributed by atoms with van der Waals surface area (Å²) in [7, 11) is 0. The molecule has 0 atom stereocenters. The molecule has 0 saturated heterocycles. The average molecular weight is 1190 g/mol. The highest BCUT2D eigenvalue weighted by molar-refractivity contribution is 6.33. The van der Waals surface area contributed by atoms with Crippen molar-refractivity contribution in [2.45, 2.75) is 0 Å². The Morgan fingerprint density at radius 1 is 0.174 bits per heavy atom. The molecule has 0 saturated carbocycles. The Bertz CT molecular complexity index is 4870. The number of hydrogen-bond donors (Lipinski definition) is 4. The van der Waals surface area contributed by atoms with Gasteiger partial charge in [-0.25, -0.2) is 0 Å². The molecule has 0 aliphatic rings. The zero-order chi connectivity index (χ0) is 62.7. The minimum atomic E-state index is 0.608. The highest BCUT2D eigenvalue weighted by Crippen LogP contribution is 2.51. The third-order valence-corrected chi connectivity index (χ3v) is 18.1. The van der Waals surface area contributed by atoms with Gasteiger partial charge in [-0.1, -0.05) is 194 Å². The van der Waals surface area contributed by atoms with Gasteiger partial charge in [0.05, 0.1) is 0 Å². The summed E-state index contributed by atoms with van der Waals surface area (Å²) < 4.78 is 0. The normalized spacial score (nSPS) is 11.4. The van der Waals surface area contributed by atoms with Crippen LogP contribution >= 0.6 is 0 Å². The average Bonchev–Trinajstić information content (AvgIpc) is 0.719. The molecule has 0 heterocycles. The molecule has 16 aromatic rings. The fourth-order valence-corrected chi connectivity index (χ4v) is 13.5. The molecule has 0 unspecified atom stereocenters. The lowest BCUT2D eigenvalue weighted by molar-refractivity contribution is 0.111. The predicted molar refractivity (Wildman–Crippen MR) is 383 cm³/mol. The van der Waals surface area contributed by atoms with Gasteiger partial charge in [0.1, 0.15) is 25.1 Å². The van der Waals surface area contributed by atoms with Crippen molar-refractivity contribution in [2.24, 2.45) is 0 Å². The first kappa shape index (κ1) is 56.0. The fourth-order valence-electron chi connectivity index (χ4n) is 13.5. The lowest BCUT2D eigenvalue weighted by Gasteiger charge is -2.21. The summed E-state index contributed by atoms with van der Waals surface area (Å²) in [6, 6.07) is 89.9. The van der Waals surface area contributed by atoms with Crippen LogP contribution in [0.25, 0.3) is 154 Å². The van der Waals surface area contributed by atoms with Crippen LogP contribution in [0.1, 0.15) is 41.4 Å². The van der Waals surface area contributed by atoms with Crippen LogP contribution in [0.2, 0.25) is 0 Å². The van der Waals surface area contributed by atoms with E-state index in [-0.39, 0.29) is 0 Å². The second kappa shape index (κ2) is 22.9. The smallest absolute Gasteiger partial charge is 0.150 e. The van der Waals surface area contributed by atoms with Crippen LogP contribution in [0.5, 0.6) is 0 Å². The molecule has 8 heteroatoms. The van der Waals surface area contributed by atoms with Gasteiger partial charge in [0.25, 0.3) is 0 Å². The molecule has 92 heavy (non-hydrogen) atoms. The van der Waals surface area contributed by atoms with Gasteiger partial charge in [-0.2, -0.15) is 0 Å². The molecular formula is C84H56N4O4.